The quantitative estimate of drug-likeness (QED) is 0.395. The average Bonchev–Trinajstić information content (AvgIpc) is 2.98. The monoisotopic (exact) mass is 429 g/mol. The molecule has 2 aromatic carbocycles. The van der Waals surface area contributed by atoms with Gasteiger partial charge < -0.3 is 19.8 Å². The minimum Gasteiger partial charge on any atom is -0.507 e. The van der Waals surface area contributed by atoms with E-state index < -0.39 is 23.7 Å². The molecule has 3 rings (SSSR count). The fraction of sp³-hybridized carbons (Fsp3) is 0.227. The van der Waals surface area contributed by atoms with Crippen molar-refractivity contribution >= 4 is 35.0 Å². The zero-order chi connectivity index (χ0) is 21.8. The molecular weight excluding hydrogens is 410 g/mol. The van der Waals surface area contributed by atoms with Crippen LogP contribution in [0.4, 0.5) is 0 Å². The Labute approximate surface area is 178 Å². The van der Waals surface area contributed by atoms with Crippen molar-refractivity contribution in [3.05, 3.63) is 70.3 Å². The molecule has 1 saturated heterocycles. The van der Waals surface area contributed by atoms with Crippen LogP contribution < -0.4 is 4.74 Å². The molecule has 0 radical (unpaired) electrons. The number of hydrogen-bond donors (Lipinski definition) is 2. The highest BCUT2D eigenvalue weighted by atomic mass is 35.5. The van der Waals surface area contributed by atoms with Gasteiger partial charge in [-0.1, -0.05) is 23.7 Å². The van der Waals surface area contributed by atoms with E-state index in [0.29, 0.717) is 21.9 Å². The Morgan fingerprint density at radius 3 is 2.27 bits per heavy atom. The SMILES string of the molecule is COc1ccc(C2C(=C(O)c3ccc(Cl)cc3)C(=O)C(=O)N2CCCC(=O)O)cc1. The molecule has 0 aromatic heterocycles. The first kappa shape index (κ1) is 21.4. The number of likely N-dealkylation sites (tertiary alicyclic amines) is 1. The molecule has 1 unspecified atom stereocenters. The maximum Gasteiger partial charge on any atom is 0.303 e. The van der Waals surface area contributed by atoms with Crippen molar-refractivity contribution in [2.75, 3.05) is 13.7 Å². The van der Waals surface area contributed by atoms with Gasteiger partial charge in [0.1, 0.15) is 11.5 Å². The van der Waals surface area contributed by atoms with Gasteiger partial charge in [0.2, 0.25) is 0 Å². The third-order valence-corrected chi connectivity index (χ3v) is 5.13. The molecule has 0 saturated carbocycles. The van der Waals surface area contributed by atoms with Gasteiger partial charge in [-0.2, -0.15) is 0 Å². The Bertz CT molecular complexity index is 997. The van der Waals surface area contributed by atoms with Crippen molar-refractivity contribution < 1.29 is 29.3 Å². The van der Waals surface area contributed by atoms with Crippen LogP contribution in [0.15, 0.2) is 54.1 Å². The van der Waals surface area contributed by atoms with E-state index in [-0.39, 0.29) is 30.7 Å². The predicted molar refractivity (Wildman–Crippen MR) is 110 cm³/mol. The van der Waals surface area contributed by atoms with Crippen molar-refractivity contribution in [3.63, 3.8) is 0 Å². The zero-order valence-electron chi connectivity index (χ0n) is 16.2. The van der Waals surface area contributed by atoms with Gasteiger partial charge in [0.05, 0.1) is 18.7 Å². The lowest BCUT2D eigenvalue weighted by atomic mass is 9.95. The Morgan fingerprint density at radius 2 is 1.70 bits per heavy atom. The van der Waals surface area contributed by atoms with Gasteiger partial charge in [0, 0.05) is 23.6 Å². The first-order chi connectivity index (χ1) is 14.3. The molecule has 1 atom stereocenters. The van der Waals surface area contributed by atoms with E-state index in [2.05, 4.69) is 0 Å². The van der Waals surface area contributed by atoms with Crippen LogP contribution in [0.5, 0.6) is 5.75 Å². The van der Waals surface area contributed by atoms with Gasteiger partial charge >= 0.3 is 5.97 Å². The summed E-state index contributed by atoms with van der Waals surface area (Å²) in [7, 11) is 1.52. The standard InChI is InChI=1S/C22H20ClNO6/c1-30-16-10-6-13(7-11-16)19-18(20(27)14-4-8-15(23)9-5-14)21(28)22(29)24(19)12-2-3-17(25)26/h4-11,19,27H,2-3,12H2,1H3,(H,25,26). The Hall–Kier alpha value is -3.32. The highest BCUT2D eigenvalue weighted by Crippen LogP contribution is 2.40. The largest absolute Gasteiger partial charge is 0.507 e. The van der Waals surface area contributed by atoms with Gasteiger partial charge in [-0.25, -0.2) is 0 Å². The van der Waals surface area contributed by atoms with Crippen molar-refractivity contribution in [1.82, 2.24) is 4.90 Å². The number of hydrogen-bond acceptors (Lipinski definition) is 5. The topological polar surface area (TPSA) is 104 Å². The van der Waals surface area contributed by atoms with Crippen molar-refractivity contribution in [3.8, 4) is 5.75 Å². The third kappa shape index (κ3) is 4.31. The van der Waals surface area contributed by atoms with E-state index in [1.165, 1.54) is 12.0 Å². The molecule has 0 spiro atoms. The lowest BCUT2D eigenvalue weighted by molar-refractivity contribution is -0.140. The Balaban J connectivity index is 2.08. The Kier molecular flexibility index (Phi) is 6.42. The number of aliphatic hydroxyl groups excluding tert-OH is 1. The summed E-state index contributed by atoms with van der Waals surface area (Å²) in [6.45, 7) is 0.0605. The van der Waals surface area contributed by atoms with Gasteiger partial charge in [0.25, 0.3) is 11.7 Å². The fourth-order valence-corrected chi connectivity index (χ4v) is 3.53. The first-order valence-electron chi connectivity index (χ1n) is 9.23. The number of carbonyl (C=O) groups is 3. The van der Waals surface area contributed by atoms with Crippen LogP contribution in [-0.4, -0.2) is 46.4 Å². The normalized spacial score (nSPS) is 17.9. The second kappa shape index (κ2) is 9.00. The molecule has 2 N–H and O–H groups in total. The number of halogens is 1. The van der Waals surface area contributed by atoms with E-state index in [0.717, 1.165) is 0 Å². The molecule has 1 heterocycles. The number of ketones is 1. The summed E-state index contributed by atoms with van der Waals surface area (Å²) in [5.41, 5.74) is 0.894. The molecule has 2 aromatic rings. The number of methoxy groups -OCH3 is 1. The first-order valence-corrected chi connectivity index (χ1v) is 9.61. The summed E-state index contributed by atoms with van der Waals surface area (Å²) in [6, 6.07) is 12.2. The summed E-state index contributed by atoms with van der Waals surface area (Å²) in [6.07, 6.45) is 0.0332. The number of aliphatic carboxylic acids is 1. The van der Waals surface area contributed by atoms with Crippen molar-refractivity contribution in [2.45, 2.75) is 18.9 Å². The molecule has 8 heteroatoms. The highest BCUT2D eigenvalue weighted by molar-refractivity contribution is 6.46. The number of benzene rings is 2. The lowest BCUT2D eigenvalue weighted by Crippen LogP contribution is -2.31. The molecule has 1 aliphatic rings. The Morgan fingerprint density at radius 1 is 1.07 bits per heavy atom. The number of nitrogens with zero attached hydrogens (tertiary/aromatic N) is 1. The minimum absolute atomic E-state index is 0.0529. The zero-order valence-corrected chi connectivity index (χ0v) is 16.9. The highest BCUT2D eigenvalue weighted by Gasteiger charge is 2.45. The van der Waals surface area contributed by atoms with Crippen LogP contribution >= 0.6 is 11.6 Å². The smallest absolute Gasteiger partial charge is 0.303 e. The van der Waals surface area contributed by atoms with Crippen LogP contribution in [-0.2, 0) is 14.4 Å². The van der Waals surface area contributed by atoms with Crippen molar-refractivity contribution in [2.24, 2.45) is 0 Å². The summed E-state index contributed by atoms with van der Waals surface area (Å²) in [5, 5.41) is 20.3. The number of ether oxygens (including phenoxy) is 1. The second-order valence-electron chi connectivity index (χ2n) is 6.77. The number of Topliss-reactive ketones (excluding diaryl/α,β-unsaturated/α-hetero) is 1. The predicted octanol–water partition coefficient (Wildman–Crippen LogP) is 3.64. The molecule has 30 heavy (non-hydrogen) atoms. The summed E-state index contributed by atoms with van der Waals surface area (Å²) >= 11 is 5.90. The van der Waals surface area contributed by atoms with E-state index in [9.17, 15) is 19.5 Å². The molecule has 1 amide bonds. The van der Waals surface area contributed by atoms with E-state index in [1.807, 2.05) is 0 Å². The van der Waals surface area contributed by atoms with Crippen LogP contribution in [0.3, 0.4) is 0 Å². The van der Waals surface area contributed by atoms with E-state index >= 15 is 0 Å². The number of carboxylic acid groups (broad SMARTS) is 1. The molecule has 156 valence electrons. The van der Waals surface area contributed by atoms with E-state index in [4.69, 9.17) is 21.4 Å². The molecule has 0 aliphatic carbocycles. The second-order valence-corrected chi connectivity index (χ2v) is 7.21. The summed E-state index contributed by atoms with van der Waals surface area (Å²) in [4.78, 5) is 37.7. The van der Waals surface area contributed by atoms with Crippen molar-refractivity contribution in [1.29, 1.82) is 0 Å². The summed E-state index contributed by atoms with van der Waals surface area (Å²) < 4.78 is 5.16. The number of rotatable bonds is 7. The maximum absolute atomic E-state index is 12.8. The minimum atomic E-state index is -0.992. The average molecular weight is 430 g/mol. The maximum atomic E-state index is 12.8. The van der Waals surface area contributed by atoms with Crippen LogP contribution in [0, 0.1) is 0 Å². The molecule has 7 nitrogen and oxygen atoms in total. The molecule has 1 aliphatic heterocycles. The number of carbonyl (C=O) groups excluding carboxylic acids is 2. The number of aliphatic hydroxyl groups is 1. The van der Waals surface area contributed by atoms with Gasteiger partial charge in [0.15, 0.2) is 0 Å². The third-order valence-electron chi connectivity index (χ3n) is 4.88. The van der Waals surface area contributed by atoms with Crippen LogP contribution in [0.25, 0.3) is 5.76 Å². The van der Waals surface area contributed by atoms with Gasteiger partial charge in [-0.15, -0.1) is 0 Å². The fourth-order valence-electron chi connectivity index (χ4n) is 3.41. The molecule has 0 bridgehead atoms. The number of amides is 1. The van der Waals surface area contributed by atoms with Crippen LogP contribution in [0.2, 0.25) is 5.02 Å². The van der Waals surface area contributed by atoms with Gasteiger partial charge in [-0.05, 0) is 48.4 Å². The van der Waals surface area contributed by atoms with Crippen LogP contribution in [0.1, 0.15) is 30.0 Å². The number of carboxylic acids is 1. The lowest BCUT2D eigenvalue weighted by Gasteiger charge is -2.25. The van der Waals surface area contributed by atoms with E-state index in [1.54, 1.807) is 48.5 Å². The summed E-state index contributed by atoms with van der Waals surface area (Å²) in [5.74, 6) is -2.31. The molecular formula is C22H20ClNO6. The van der Waals surface area contributed by atoms with Gasteiger partial charge in [-0.3, -0.25) is 14.4 Å². The molecule has 1 fully saturated rings.